The summed E-state index contributed by atoms with van der Waals surface area (Å²) in [6.45, 7) is 0.999. The Balaban J connectivity index is 1.60. The van der Waals surface area contributed by atoms with Crippen molar-refractivity contribution in [2.75, 3.05) is 13.2 Å². The van der Waals surface area contributed by atoms with E-state index in [0.717, 1.165) is 25.7 Å². The van der Waals surface area contributed by atoms with E-state index in [0.29, 0.717) is 35.9 Å². The third-order valence-electron chi connectivity index (χ3n) is 3.45. The molecular weight excluding hydrogens is 296 g/mol. The van der Waals surface area contributed by atoms with Gasteiger partial charge >= 0.3 is 0 Å². The third-order valence-corrected chi connectivity index (χ3v) is 6.30. The van der Waals surface area contributed by atoms with Gasteiger partial charge in [-0.25, -0.2) is 13.1 Å². The number of hydrogen-bond acceptors (Lipinski definition) is 5. The Hall–Kier alpha value is -0.470. The fourth-order valence-corrected chi connectivity index (χ4v) is 4.38. The summed E-state index contributed by atoms with van der Waals surface area (Å²) in [4.78, 5) is 0. The van der Waals surface area contributed by atoms with Gasteiger partial charge < -0.3 is 10.5 Å². The van der Waals surface area contributed by atoms with Crippen molar-refractivity contribution in [3.05, 3.63) is 17.5 Å². The lowest BCUT2D eigenvalue weighted by molar-refractivity contribution is 0.0245. The number of ether oxygens (including phenoxy) is 1. The highest BCUT2D eigenvalue weighted by Crippen LogP contribution is 2.20. The summed E-state index contributed by atoms with van der Waals surface area (Å²) in [6.07, 6.45) is 5.06. The molecule has 7 heteroatoms. The molecule has 0 bridgehead atoms. The van der Waals surface area contributed by atoms with Gasteiger partial charge in [0, 0.05) is 19.2 Å². The van der Waals surface area contributed by atoms with Gasteiger partial charge in [0.25, 0.3) is 0 Å². The molecule has 114 valence electrons. The van der Waals surface area contributed by atoms with Crippen LogP contribution in [0, 0.1) is 0 Å². The van der Waals surface area contributed by atoms with Crippen LogP contribution < -0.4 is 10.5 Å². The Labute approximate surface area is 124 Å². The lowest BCUT2D eigenvalue weighted by Crippen LogP contribution is -2.31. The molecule has 0 atom stereocenters. The molecule has 0 unspecified atom stereocenters. The van der Waals surface area contributed by atoms with E-state index in [1.54, 1.807) is 17.5 Å². The standard InChI is InChI=1S/C13H22N2O3S2/c14-11-4-6-12(7-5-11)18-9-2-8-15-20(16,17)13-3-1-10-19-13/h1,3,10-12,15H,2,4-9,14H2. The van der Waals surface area contributed by atoms with E-state index < -0.39 is 10.0 Å². The highest BCUT2D eigenvalue weighted by molar-refractivity contribution is 7.91. The molecule has 1 heterocycles. The molecule has 1 aliphatic carbocycles. The van der Waals surface area contributed by atoms with Crippen molar-refractivity contribution in [1.82, 2.24) is 4.72 Å². The van der Waals surface area contributed by atoms with Gasteiger partial charge in [0.15, 0.2) is 0 Å². The van der Waals surface area contributed by atoms with Crippen LogP contribution in [0.1, 0.15) is 32.1 Å². The second kappa shape index (κ2) is 7.51. The summed E-state index contributed by atoms with van der Waals surface area (Å²) in [7, 11) is -3.33. The van der Waals surface area contributed by atoms with Crippen LogP contribution in [-0.2, 0) is 14.8 Å². The number of rotatable bonds is 7. The lowest BCUT2D eigenvalue weighted by Gasteiger charge is -2.26. The Bertz CT molecular complexity index is 480. The van der Waals surface area contributed by atoms with Gasteiger partial charge in [-0.3, -0.25) is 0 Å². The minimum atomic E-state index is -3.33. The molecule has 0 aromatic carbocycles. The lowest BCUT2D eigenvalue weighted by atomic mass is 9.94. The average molecular weight is 318 g/mol. The van der Waals surface area contributed by atoms with Crippen molar-refractivity contribution in [2.24, 2.45) is 5.73 Å². The van der Waals surface area contributed by atoms with Gasteiger partial charge in [-0.2, -0.15) is 0 Å². The SMILES string of the molecule is NC1CCC(OCCCNS(=O)(=O)c2cccs2)CC1. The molecule has 0 aliphatic heterocycles. The van der Waals surface area contributed by atoms with E-state index in [1.165, 1.54) is 11.3 Å². The highest BCUT2D eigenvalue weighted by Gasteiger charge is 2.19. The van der Waals surface area contributed by atoms with E-state index in [-0.39, 0.29) is 0 Å². The van der Waals surface area contributed by atoms with Crippen LogP contribution in [0.2, 0.25) is 0 Å². The van der Waals surface area contributed by atoms with Crippen LogP contribution in [0.15, 0.2) is 21.7 Å². The average Bonchev–Trinajstić information content (AvgIpc) is 2.95. The van der Waals surface area contributed by atoms with Crippen LogP contribution in [0.5, 0.6) is 0 Å². The van der Waals surface area contributed by atoms with Crippen molar-refractivity contribution in [3.63, 3.8) is 0 Å². The number of hydrogen-bond donors (Lipinski definition) is 2. The summed E-state index contributed by atoms with van der Waals surface area (Å²) in [6, 6.07) is 3.66. The molecule has 1 fully saturated rings. The van der Waals surface area contributed by atoms with Gasteiger partial charge in [-0.1, -0.05) is 6.07 Å². The van der Waals surface area contributed by atoms with E-state index in [9.17, 15) is 8.42 Å². The molecule has 1 aromatic rings. The highest BCUT2D eigenvalue weighted by atomic mass is 32.2. The summed E-state index contributed by atoms with van der Waals surface area (Å²) >= 11 is 1.22. The molecule has 5 nitrogen and oxygen atoms in total. The first-order valence-electron chi connectivity index (χ1n) is 6.98. The molecule has 0 amide bonds. The Morgan fingerprint density at radius 1 is 1.35 bits per heavy atom. The predicted molar refractivity (Wildman–Crippen MR) is 80.3 cm³/mol. The Morgan fingerprint density at radius 2 is 2.10 bits per heavy atom. The molecule has 2 rings (SSSR count). The second-order valence-corrected chi connectivity index (χ2v) is 8.03. The zero-order valence-electron chi connectivity index (χ0n) is 11.5. The quantitative estimate of drug-likeness (QED) is 0.750. The van der Waals surface area contributed by atoms with Crippen molar-refractivity contribution in [1.29, 1.82) is 0 Å². The molecule has 0 spiro atoms. The number of thiophene rings is 1. The monoisotopic (exact) mass is 318 g/mol. The van der Waals surface area contributed by atoms with Gasteiger partial charge in [0.1, 0.15) is 4.21 Å². The summed E-state index contributed by atoms with van der Waals surface area (Å²) in [5, 5.41) is 1.76. The topological polar surface area (TPSA) is 81.4 Å². The summed E-state index contributed by atoms with van der Waals surface area (Å²) < 4.78 is 32.4. The fraction of sp³-hybridized carbons (Fsp3) is 0.692. The third kappa shape index (κ3) is 4.82. The molecule has 1 aromatic heterocycles. The molecular formula is C13H22N2O3S2. The van der Waals surface area contributed by atoms with E-state index in [1.807, 2.05) is 0 Å². The minimum Gasteiger partial charge on any atom is -0.378 e. The molecule has 1 saturated carbocycles. The number of nitrogens with two attached hydrogens (primary N) is 1. The summed E-state index contributed by atoms with van der Waals surface area (Å²) in [5.41, 5.74) is 5.84. The first kappa shape index (κ1) is 15.9. The Kier molecular flexibility index (Phi) is 5.98. The van der Waals surface area contributed by atoms with Crippen LogP contribution in [0.4, 0.5) is 0 Å². The number of sulfonamides is 1. The first-order valence-corrected chi connectivity index (χ1v) is 9.34. The molecule has 1 aliphatic rings. The molecule has 20 heavy (non-hydrogen) atoms. The summed E-state index contributed by atoms with van der Waals surface area (Å²) in [5.74, 6) is 0. The predicted octanol–water partition coefficient (Wildman–Crippen LogP) is 1.70. The smallest absolute Gasteiger partial charge is 0.250 e. The van der Waals surface area contributed by atoms with Gasteiger partial charge in [0.05, 0.1) is 6.10 Å². The molecule has 0 radical (unpaired) electrons. The fourth-order valence-electron chi connectivity index (χ4n) is 2.27. The normalized spacial score (nSPS) is 23.9. The van der Waals surface area contributed by atoms with Gasteiger partial charge in [-0.05, 0) is 43.6 Å². The second-order valence-electron chi connectivity index (χ2n) is 5.09. The van der Waals surface area contributed by atoms with Crippen LogP contribution in [0.25, 0.3) is 0 Å². The zero-order chi connectivity index (χ0) is 14.4. The number of nitrogens with one attached hydrogen (secondary N) is 1. The first-order chi connectivity index (χ1) is 9.58. The van der Waals surface area contributed by atoms with Gasteiger partial charge in [-0.15, -0.1) is 11.3 Å². The largest absolute Gasteiger partial charge is 0.378 e. The maximum Gasteiger partial charge on any atom is 0.250 e. The molecule has 0 saturated heterocycles. The van der Waals surface area contributed by atoms with E-state index in [4.69, 9.17) is 10.5 Å². The zero-order valence-corrected chi connectivity index (χ0v) is 13.1. The maximum absolute atomic E-state index is 11.8. The molecule has 3 N–H and O–H groups in total. The van der Waals surface area contributed by atoms with Crippen LogP contribution in [0.3, 0.4) is 0 Å². The minimum absolute atomic E-state index is 0.295. The van der Waals surface area contributed by atoms with Crippen molar-refractivity contribution >= 4 is 21.4 Å². The van der Waals surface area contributed by atoms with Crippen LogP contribution in [-0.4, -0.2) is 33.7 Å². The van der Waals surface area contributed by atoms with Gasteiger partial charge in [0.2, 0.25) is 10.0 Å². The van der Waals surface area contributed by atoms with Crippen molar-refractivity contribution in [3.8, 4) is 0 Å². The van der Waals surface area contributed by atoms with E-state index in [2.05, 4.69) is 4.72 Å². The van der Waals surface area contributed by atoms with Crippen molar-refractivity contribution < 1.29 is 13.2 Å². The van der Waals surface area contributed by atoms with E-state index >= 15 is 0 Å². The maximum atomic E-state index is 11.8. The Morgan fingerprint density at radius 3 is 2.75 bits per heavy atom. The van der Waals surface area contributed by atoms with Crippen LogP contribution >= 0.6 is 11.3 Å². The van der Waals surface area contributed by atoms with Crippen molar-refractivity contribution in [2.45, 2.75) is 48.5 Å².